The van der Waals surface area contributed by atoms with Crippen molar-refractivity contribution in [3.63, 3.8) is 0 Å². The van der Waals surface area contributed by atoms with Crippen LogP contribution in [-0.2, 0) is 4.79 Å². The summed E-state index contributed by atoms with van der Waals surface area (Å²) >= 11 is 5.78. The number of aliphatic hydroxyl groups is 1. The number of rotatable bonds is 6. The lowest BCUT2D eigenvalue weighted by atomic mass is 9.85. The molecule has 0 saturated heterocycles. The van der Waals surface area contributed by atoms with Crippen molar-refractivity contribution in [2.75, 3.05) is 10.6 Å². The molecule has 2 atom stereocenters. The molecule has 1 unspecified atom stereocenters. The van der Waals surface area contributed by atoms with Gasteiger partial charge in [-0.2, -0.15) is 4.98 Å². The van der Waals surface area contributed by atoms with Crippen molar-refractivity contribution in [1.29, 1.82) is 0 Å². The summed E-state index contributed by atoms with van der Waals surface area (Å²) in [5.74, 6) is -1.61. The van der Waals surface area contributed by atoms with E-state index < -0.39 is 11.6 Å². The van der Waals surface area contributed by atoms with Gasteiger partial charge in [0.2, 0.25) is 17.8 Å². The summed E-state index contributed by atoms with van der Waals surface area (Å²) in [5.41, 5.74) is 6.10. The van der Waals surface area contributed by atoms with Crippen molar-refractivity contribution in [2.45, 2.75) is 69.6 Å². The first-order chi connectivity index (χ1) is 17.3. The third-order valence-corrected chi connectivity index (χ3v) is 7.34. The van der Waals surface area contributed by atoms with Crippen LogP contribution in [0.5, 0.6) is 0 Å². The van der Waals surface area contributed by atoms with Gasteiger partial charge in [0.25, 0.3) is 0 Å². The van der Waals surface area contributed by atoms with Crippen LogP contribution in [0, 0.1) is 17.6 Å². The van der Waals surface area contributed by atoms with E-state index in [1.54, 1.807) is 6.20 Å². The Morgan fingerprint density at radius 3 is 2.50 bits per heavy atom. The maximum atomic E-state index is 14.6. The van der Waals surface area contributed by atoms with Crippen molar-refractivity contribution >= 4 is 46.3 Å². The number of aliphatic hydroxyl groups excluding tert-OH is 1. The Morgan fingerprint density at radius 1 is 1.11 bits per heavy atom. The zero-order valence-electron chi connectivity index (χ0n) is 19.6. The highest BCUT2D eigenvalue weighted by molar-refractivity contribution is 6.30. The van der Waals surface area contributed by atoms with E-state index in [1.807, 2.05) is 4.57 Å². The highest BCUT2D eigenvalue weighted by Crippen LogP contribution is 2.38. The fourth-order valence-electron chi connectivity index (χ4n) is 5.26. The minimum atomic E-state index is -0.847. The monoisotopic (exact) mass is 519 g/mol. The third kappa shape index (κ3) is 5.08. The maximum absolute atomic E-state index is 14.6. The Bertz CT molecular complexity index is 1260. The zero-order valence-corrected chi connectivity index (χ0v) is 20.3. The van der Waals surface area contributed by atoms with Crippen LogP contribution in [0.1, 0.15) is 57.4 Å². The van der Waals surface area contributed by atoms with Gasteiger partial charge in [-0.05, 0) is 63.5 Å². The number of carbonyl (C=O) groups is 1. The van der Waals surface area contributed by atoms with Crippen molar-refractivity contribution < 1.29 is 18.7 Å². The SMILES string of the molecule is NC(=O)C1CCC(n2c(Nc3c(F)cc(Cl)cc3F)nc3cnc(NC4CCC[C@H](O)C4)nc32)CC1. The molecule has 9 nitrogen and oxygen atoms in total. The molecule has 1 aromatic carbocycles. The quantitative estimate of drug-likeness (QED) is 0.379. The predicted octanol–water partition coefficient (Wildman–Crippen LogP) is 4.43. The average Bonchev–Trinajstić information content (AvgIpc) is 3.18. The molecule has 0 spiro atoms. The Balaban J connectivity index is 1.51. The molecule has 2 heterocycles. The minimum absolute atomic E-state index is 0.0448. The van der Waals surface area contributed by atoms with E-state index in [0.717, 1.165) is 31.4 Å². The molecule has 36 heavy (non-hydrogen) atoms. The summed E-state index contributed by atoms with van der Waals surface area (Å²) in [6.07, 6.45) is 6.86. The second-order valence-electron chi connectivity index (χ2n) is 9.65. The Labute approximate surface area is 211 Å². The van der Waals surface area contributed by atoms with Crippen LogP contribution < -0.4 is 16.4 Å². The van der Waals surface area contributed by atoms with E-state index in [2.05, 4.69) is 20.6 Å². The van der Waals surface area contributed by atoms with Gasteiger partial charge >= 0.3 is 0 Å². The van der Waals surface area contributed by atoms with Gasteiger partial charge in [-0.1, -0.05) is 11.6 Å². The van der Waals surface area contributed by atoms with Gasteiger partial charge < -0.3 is 21.5 Å². The number of amides is 1. The number of fused-ring (bicyclic) bond motifs is 1. The number of hydrogen-bond donors (Lipinski definition) is 4. The highest BCUT2D eigenvalue weighted by Gasteiger charge is 2.30. The number of carbonyl (C=O) groups excluding carboxylic acids is 1. The maximum Gasteiger partial charge on any atom is 0.224 e. The van der Waals surface area contributed by atoms with Crippen molar-refractivity contribution in [1.82, 2.24) is 19.5 Å². The van der Waals surface area contributed by atoms with E-state index in [4.69, 9.17) is 22.3 Å². The number of hydrogen-bond acceptors (Lipinski definition) is 7. The third-order valence-electron chi connectivity index (χ3n) is 7.12. The van der Waals surface area contributed by atoms with Gasteiger partial charge in [0.15, 0.2) is 17.3 Å². The number of imidazole rings is 1. The summed E-state index contributed by atoms with van der Waals surface area (Å²) in [7, 11) is 0. The molecular weight excluding hydrogens is 492 g/mol. The largest absolute Gasteiger partial charge is 0.393 e. The molecule has 5 N–H and O–H groups in total. The predicted molar refractivity (Wildman–Crippen MR) is 132 cm³/mol. The van der Waals surface area contributed by atoms with E-state index in [-0.39, 0.29) is 46.7 Å². The molecule has 1 amide bonds. The van der Waals surface area contributed by atoms with Gasteiger partial charge in [0.05, 0.1) is 12.3 Å². The van der Waals surface area contributed by atoms with Gasteiger partial charge in [-0.15, -0.1) is 0 Å². The molecule has 0 aliphatic heterocycles. The number of halogens is 3. The van der Waals surface area contributed by atoms with Crippen molar-refractivity contribution in [3.8, 4) is 0 Å². The molecule has 0 bridgehead atoms. The van der Waals surface area contributed by atoms with Crippen LogP contribution in [0.15, 0.2) is 18.3 Å². The smallest absolute Gasteiger partial charge is 0.224 e. The lowest BCUT2D eigenvalue weighted by Crippen LogP contribution is -2.30. The molecule has 192 valence electrons. The normalized spacial score (nSPS) is 24.6. The number of nitrogens with two attached hydrogens (primary N) is 1. The van der Waals surface area contributed by atoms with Crippen LogP contribution in [0.25, 0.3) is 11.2 Å². The van der Waals surface area contributed by atoms with E-state index in [1.165, 1.54) is 0 Å². The molecular formula is C24H28ClF2N7O2. The summed E-state index contributed by atoms with van der Waals surface area (Å²) in [6, 6.07) is 1.98. The lowest BCUT2D eigenvalue weighted by molar-refractivity contribution is -0.122. The molecule has 5 rings (SSSR count). The standard InChI is InChI=1S/C24H28ClF2N7O2/c25-13-8-17(26)20(18(27)9-13)32-24-31-19-11-29-23(30-14-2-1-3-16(35)10-14)33-22(19)34(24)15-6-4-12(5-7-15)21(28)36/h8-9,11-12,14-16,35H,1-7,10H2,(H2,28,36)(H,31,32)(H,29,30,33)/t12?,14?,15?,16-/m0/s1. The summed E-state index contributed by atoms with van der Waals surface area (Å²) in [6.45, 7) is 0. The van der Waals surface area contributed by atoms with E-state index >= 15 is 0 Å². The molecule has 2 aromatic heterocycles. The molecule has 2 aliphatic carbocycles. The van der Waals surface area contributed by atoms with Gasteiger partial charge in [-0.25, -0.2) is 18.7 Å². The molecule has 2 aliphatic rings. The molecule has 3 aromatic rings. The Kier molecular flexibility index (Phi) is 6.94. The van der Waals surface area contributed by atoms with E-state index in [9.17, 15) is 18.7 Å². The number of nitrogens with zero attached hydrogens (tertiary/aromatic N) is 4. The van der Waals surface area contributed by atoms with Crippen molar-refractivity contribution in [2.24, 2.45) is 11.7 Å². The number of benzene rings is 1. The zero-order chi connectivity index (χ0) is 25.4. The molecule has 2 fully saturated rings. The van der Waals surface area contributed by atoms with Gasteiger partial charge in [-0.3, -0.25) is 9.36 Å². The van der Waals surface area contributed by atoms with E-state index in [0.29, 0.717) is 49.2 Å². The summed E-state index contributed by atoms with van der Waals surface area (Å²) in [5, 5.41) is 16.0. The Hall–Kier alpha value is -3.05. The second kappa shape index (κ2) is 10.1. The van der Waals surface area contributed by atoms with Crippen molar-refractivity contribution in [3.05, 3.63) is 35.0 Å². The number of anilines is 3. The lowest BCUT2D eigenvalue weighted by Gasteiger charge is -2.29. The fourth-order valence-corrected chi connectivity index (χ4v) is 5.46. The molecule has 0 radical (unpaired) electrons. The average molecular weight is 520 g/mol. The van der Waals surface area contributed by atoms with Crippen LogP contribution in [-0.4, -0.2) is 42.7 Å². The molecule has 2 saturated carbocycles. The topological polar surface area (TPSA) is 131 Å². The van der Waals surface area contributed by atoms with Crippen LogP contribution in [0.2, 0.25) is 5.02 Å². The first kappa shape index (κ1) is 24.6. The Morgan fingerprint density at radius 2 is 1.83 bits per heavy atom. The second-order valence-corrected chi connectivity index (χ2v) is 10.1. The number of aromatic nitrogens is 4. The van der Waals surface area contributed by atoms with Gasteiger partial charge in [0, 0.05) is 23.0 Å². The summed E-state index contributed by atoms with van der Waals surface area (Å²) in [4.78, 5) is 25.3. The molecule has 12 heteroatoms. The fraction of sp³-hybridized carbons (Fsp3) is 0.500. The van der Waals surface area contributed by atoms with Crippen LogP contribution >= 0.6 is 11.6 Å². The number of primary amides is 1. The minimum Gasteiger partial charge on any atom is -0.393 e. The van der Waals surface area contributed by atoms with Crippen LogP contribution in [0.4, 0.5) is 26.4 Å². The number of nitrogens with one attached hydrogen (secondary N) is 2. The first-order valence-electron chi connectivity index (χ1n) is 12.2. The highest BCUT2D eigenvalue weighted by atomic mass is 35.5. The first-order valence-corrected chi connectivity index (χ1v) is 12.6. The van der Waals surface area contributed by atoms with Crippen LogP contribution in [0.3, 0.4) is 0 Å². The summed E-state index contributed by atoms with van der Waals surface area (Å²) < 4.78 is 31.0. The van der Waals surface area contributed by atoms with Gasteiger partial charge in [0.1, 0.15) is 11.2 Å².